The summed E-state index contributed by atoms with van der Waals surface area (Å²) in [5, 5.41) is 6.45. The third-order valence-corrected chi connectivity index (χ3v) is 5.06. The van der Waals surface area contributed by atoms with E-state index in [1.807, 2.05) is 0 Å². The summed E-state index contributed by atoms with van der Waals surface area (Å²) < 4.78 is 15.8. The smallest absolute Gasteiger partial charge is 0.258 e. The van der Waals surface area contributed by atoms with Gasteiger partial charge in [-0.2, -0.15) is 0 Å². The highest BCUT2D eigenvalue weighted by Crippen LogP contribution is 2.27. The molecule has 2 aromatic carbocycles. The largest absolute Gasteiger partial charge is 0.497 e. The topological polar surface area (TPSA) is 84.4 Å². The highest BCUT2D eigenvalue weighted by Gasteiger charge is 2.13. The second kappa shape index (κ2) is 11.5. The van der Waals surface area contributed by atoms with Gasteiger partial charge >= 0.3 is 0 Å². The number of carbonyl (C=O) groups is 1. The molecule has 1 aliphatic heterocycles. The number of methoxy groups -OCH3 is 2. The molecule has 1 amide bonds. The van der Waals surface area contributed by atoms with Gasteiger partial charge in [0.25, 0.3) is 5.91 Å². The van der Waals surface area contributed by atoms with Gasteiger partial charge < -0.3 is 19.5 Å². The number of carbonyl (C=O) groups excluding carboxylic acids is 1. The van der Waals surface area contributed by atoms with Gasteiger partial charge in [0.05, 0.1) is 39.0 Å². The molecule has 1 fully saturated rings. The van der Waals surface area contributed by atoms with Crippen molar-refractivity contribution in [2.75, 3.05) is 58.9 Å². The van der Waals surface area contributed by atoms with Crippen molar-refractivity contribution in [1.82, 2.24) is 10.2 Å². The van der Waals surface area contributed by atoms with E-state index in [0.717, 1.165) is 32.8 Å². The van der Waals surface area contributed by atoms with E-state index >= 15 is 0 Å². The molecule has 2 aromatic rings. The van der Waals surface area contributed by atoms with Crippen molar-refractivity contribution in [3.05, 3.63) is 53.1 Å². The second-order valence-corrected chi connectivity index (χ2v) is 7.25. The molecule has 0 radical (unpaired) electrons. The highest BCUT2D eigenvalue weighted by atomic mass is 35.5. The molecule has 1 heterocycles. The molecule has 3 rings (SSSR count). The van der Waals surface area contributed by atoms with Crippen LogP contribution in [0.1, 0.15) is 10.4 Å². The Kier molecular flexibility index (Phi) is 8.52. The number of guanidine groups is 1. The first kappa shape index (κ1) is 22.9. The zero-order valence-corrected chi connectivity index (χ0v) is 18.4. The normalized spacial score (nSPS) is 14.7. The number of anilines is 1. The fourth-order valence-electron chi connectivity index (χ4n) is 3.06. The summed E-state index contributed by atoms with van der Waals surface area (Å²) in [5.74, 6) is 1.21. The number of nitrogens with zero attached hydrogens (tertiary/aromatic N) is 2. The Hall–Kier alpha value is -2.81. The number of halogens is 1. The van der Waals surface area contributed by atoms with Gasteiger partial charge in [0.1, 0.15) is 11.5 Å². The molecule has 0 spiro atoms. The van der Waals surface area contributed by atoms with Crippen molar-refractivity contribution < 1.29 is 19.0 Å². The molecule has 0 bridgehead atoms. The summed E-state index contributed by atoms with van der Waals surface area (Å²) in [6.07, 6.45) is 0. The van der Waals surface area contributed by atoms with Crippen LogP contribution >= 0.6 is 11.6 Å². The van der Waals surface area contributed by atoms with Gasteiger partial charge in [-0.1, -0.05) is 17.7 Å². The van der Waals surface area contributed by atoms with Gasteiger partial charge in [0.2, 0.25) is 5.96 Å². The number of hydrogen-bond acceptors (Lipinski definition) is 6. The molecular weight excluding hydrogens is 420 g/mol. The quantitative estimate of drug-likeness (QED) is 0.502. The monoisotopic (exact) mass is 446 g/mol. The van der Waals surface area contributed by atoms with E-state index < -0.39 is 0 Å². The fourth-order valence-corrected chi connectivity index (χ4v) is 3.32. The summed E-state index contributed by atoms with van der Waals surface area (Å²) in [6.45, 7) is 4.50. The molecule has 0 aliphatic carbocycles. The van der Waals surface area contributed by atoms with Crippen molar-refractivity contribution in [3.8, 4) is 11.5 Å². The number of hydrogen-bond donors (Lipinski definition) is 2. The van der Waals surface area contributed by atoms with Crippen LogP contribution < -0.4 is 20.1 Å². The van der Waals surface area contributed by atoms with Crippen LogP contribution in [0.2, 0.25) is 5.02 Å². The minimum absolute atomic E-state index is 0.295. The Morgan fingerprint density at radius 2 is 1.97 bits per heavy atom. The highest BCUT2D eigenvalue weighted by molar-refractivity contribution is 6.32. The van der Waals surface area contributed by atoms with E-state index in [1.54, 1.807) is 56.7 Å². The Bertz CT molecular complexity index is 916. The molecule has 9 heteroatoms. The molecule has 8 nitrogen and oxygen atoms in total. The molecule has 0 saturated carbocycles. The zero-order valence-electron chi connectivity index (χ0n) is 17.7. The zero-order chi connectivity index (χ0) is 22.1. The maximum atomic E-state index is 12.8. The Morgan fingerprint density at radius 1 is 1.16 bits per heavy atom. The fraction of sp³-hybridized carbons (Fsp3) is 0.364. The van der Waals surface area contributed by atoms with Crippen LogP contribution in [0.25, 0.3) is 0 Å². The van der Waals surface area contributed by atoms with Gasteiger partial charge in [0, 0.05) is 30.9 Å². The first-order valence-electron chi connectivity index (χ1n) is 9.99. The third kappa shape index (κ3) is 6.85. The Labute approximate surface area is 187 Å². The minimum atomic E-state index is -0.295. The summed E-state index contributed by atoms with van der Waals surface area (Å²) in [6, 6.07) is 12.2. The lowest BCUT2D eigenvalue weighted by Gasteiger charge is -2.25. The summed E-state index contributed by atoms with van der Waals surface area (Å²) in [7, 11) is 3.12. The van der Waals surface area contributed by atoms with Gasteiger partial charge in [-0.15, -0.1) is 0 Å². The van der Waals surface area contributed by atoms with Crippen LogP contribution in [-0.2, 0) is 4.74 Å². The summed E-state index contributed by atoms with van der Waals surface area (Å²) in [4.78, 5) is 19.6. The van der Waals surface area contributed by atoms with Gasteiger partial charge in [-0.25, -0.2) is 0 Å². The standard InChI is InChI=1S/C22H27ClN4O4/c1-29-18-5-3-4-16(14-18)21(28)26-22(24-8-9-27-10-12-31-13-11-27)25-17-6-7-20(30-2)19(23)15-17/h3-7,14-15H,8-13H2,1-2H3,(H2,24,25,26,28). The van der Waals surface area contributed by atoms with Crippen LogP contribution in [0.15, 0.2) is 47.5 Å². The number of amides is 1. The van der Waals surface area contributed by atoms with Crippen molar-refractivity contribution >= 4 is 29.2 Å². The van der Waals surface area contributed by atoms with Crippen molar-refractivity contribution in [3.63, 3.8) is 0 Å². The van der Waals surface area contributed by atoms with E-state index in [9.17, 15) is 4.79 Å². The van der Waals surface area contributed by atoms with Crippen molar-refractivity contribution in [1.29, 1.82) is 0 Å². The number of morpholine rings is 1. The lowest BCUT2D eigenvalue weighted by molar-refractivity contribution is 0.0394. The third-order valence-electron chi connectivity index (χ3n) is 4.77. The molecule has 0 atom stereocenters. The predicted molar refractivity (Wildman–Crippen MR) is 122 cm³/mol. The number of benzene rings is 2. The van der Waals surface area contributed by atoms with Crippen LogP contribution in [0.3, 0.4) is 0 Å². The number of ether oxygens (including phenoxy) is 3. The van der Waals surface area contributed by atoms with Crippen LogP contribution in [-0.4, -0.2) is 70.4 Å². The van der Waals surface area contributed by atoms with E-state index in [4.69, 9.17) is 25.8 Å². The summed E-state index contributed by atoms with van der Waals surface area (Å²) in [5.41, 5.74) is 1.15. The van der Waals surface area contributed by atoms with E-state index in [1.165, 1.54) is 0 Å². The molecule has 166 valence electrons. The predicted octanol–water partition coefficient (Wildman–Crippen LogP) is 2.89. The van der Waals surface area contributed by atoms with Crippen LogP contribution in [0.4, 0.5) is 5.69 Å². The minimum Gasteiger partial charge on any atom is -0.497 e. The molecule has 2 N–H and O–H groups in total. The molecule has 0 aromatic heterocycles. The van der Waals surface area contributed by atoms with E-state index in [-0.39, 0.29) is 5.91 Å². The number of nitrogens with one attached hydrogen (secondary N) is 2. The van der Waals surface area contributed by atoms with Crippen molar-refractivity contribution in [2.24, 2.45) is 4.99 Å². The van der Waals surface area contributed by atoms with Gasteiger partial charge in [-0.05, 0) is 36.4 Å². The Balaban J connectivity index is 1.73. The van der Waals surface area contributed by atoms with E-state index in [0.29, 0.717) is 40.3 Å². The number of rotatable bonds is 7. The summed E-state index contributed by atoms with van der Waals surface area (Å²) >= 11 is 6.23. The van der Waals surface area contributed by atoms with Gasteiger partial charge in [-0.3, -0.25) is 20.0 Å². The first-order chi connectivity index (χ1) is 15.1. The van der Waals surface area contributed by atoms with Crippen LogP contribution in [0.5, 0.6) is 11.5 Å². The Morgan fingerprint density at radius 3 is 2.68 bits per heavy atom. The molecule has 1 aliphatic rings. The lowest BCUT2D eigenvalue weighted by Crippen LogP contribution is -2.39. The SMILES string of the molecule is COc1cccc(C(=O)NC(=NCCN2CCOCC2)Nc2ccc(OC)c(Cl)c2)c1. The first-order valence-corrected chi connectivity index (χ1v) is 10.4. The molecular formula is C22H27ClN4O4. The maximum Gasteiger partial charge on any atom is 0.258 e. The second-order valence-electron chi connectivity index (χ2n) is 6.84. The molecule has 31 heavy (non-hydrogen) atoms. The average Bonchev–Trinajstić information content (AvgIpc) is 2.80. The van der Waals surface area contributed by atoms with Crippen molar-refractivity contribution in [2.45, 2.75) is 0 Å². The van der Waals surface area contributed by atoms with E-state index in [2.05, 4.69) is 20.5 Å². The maximum absolute atomic E-state index is 12.8. The van der Waals surface area contributed by atoms with Gasteiger partial charge in [0.15, 0.2) is 0 Å². The number of aliphatic imine (C=N–C) groups is 1. The average molecular weight is 447 g/mol. The lowest BCUT2D eigenvalue weighted by atomic mass is 10.2. The molecule has 1 saturated heterocycles. The molecule has 0 unspecified atom stereocenters. The van der Waals surface area contributed by atoms with Crippen LogP contribution in [0, 0.1) is 0 Å².